The molecule has 4 rings (SSSR count). The number of hydrogen-bond acceptors (Lipinski definition) is 7. The zero-order valence-corrected chi connectivity index (χ0v) is 16.8. The molecule has 0 unspecified atom stereocenters. The molecule has 146 valence electrons. The summed E-state index contributed by atoms with van der Waals surface area (Å²) < 4.78 is 5.45. The molecule has 1 saturated heterocycles. The molecular formula is C22H22N6O. The van der Waals surface area contributed by atoms with Crippen LogP contribution in [0.15, 0.2) is 35.5 Å². The summed E-state index contributed by atoms with van der Waals surface area (Å²) in [6.45, 7) is 8.84. The van der Waals surface area contributed by atoms with Crippen molar-refractivity contribution >= 4 is 28.1 Å². The number of ether oxygens (including phenoxy) is 1. The average molecular weight is 386 g/mol. The lowest BCUT2D eigenvalue weighted by molar-refractivity contribution is 0.122. The van der Waals surface area contributed by atoms with Gasteiger partial charge < -0.3 is 9.64 Å². The highest BCUT2D eigenvalue weighted by atomic mass is 16.5. The van der Waals surface area contributed by atoms with E-state index in [1.54, 1.807) is 0 Å². The van der Waals surface area contributed by atoms with Crippen molar-refractivity contribution in [3.63, 3.8) is 0 Å². The third-order valence-corrected chi connectivity index (χ3v) is 5.05. The van der Waals surface area contributed by atoms with Crippen molar-refractivity contribution < 1.29 is 4.74 Å². The Morgan fingerprint density at radius 3 is 2.66 bits per heavy atom. The second-order valence-electron chi connectivity index (χ2n) is 7.19. The number of anilines is 1. The molecule has 7 heteroatoms. The summed E-state index contributed by atoms with van der Waals surface area (Å²) in [4.78, 5) is 11.6. The summed E-state index contributed by atoms with van der Waals surface area (Å²) >= 11 is 0. The van der Waals surface area contributed by atoms with Crippen LogP contribution in [0.1, 0.15) is 29.3 Å². The van der Waals surface area contributed by atoms with Gasteiger partial charge in [0.1, 0.15) is 5.82 Å². The van der Waals surface area contributed by atoms with Gasteiger partial charge in [-0.1, -0.05) is 6.07 Å². The van der Waals surface area contributed by atoms with E-state index in [0.717, 1.165) is 52.2 Å². The highest BCUT2D eigenvalue weighted by molar-refractivity contribution is 6.03. The Labute approximate surface area is 169 Å². The normalized spacial score (nSPS) is 14.8. The molecule has 7 nitrogen and oxygen atoms in total. The van der Waals surface area contributed by atoms with Crippen LogP contribution in [-0.4, -0.2) is 47.2 Å². The molecule has 0 bridgehead atoms. The molecule has 0 radical (unpaired) electrons. The van der Waals surface area contributed by atoms with Crippen molar-refractivity contribution in [3.8, 4) is 6.07 Å². The maximum Gasteiger partial charge on any atom is 0.182 e. The summed E-state index contributed by atoms with van der Waals surface area (Å²) in [5.41, 5.74) is 4.15. The van der Waals surface area contributed by atoms with Crippen LogP contribution < -0.4 is 4.90 Å². The molecule has 2 aromatic heterocycles. The van der Waals surface area contributed by atoms with E-state index in [0.29, 0.717) is 24.6 Å². The van der Waals surface area contributed by atoms with Gasteiger partial charge in [-0.3, -0.25) is 0 Å². The second kappa shape index (κ2) is 7.94. The Hall–Kier alpha value is -3.37. The van der Waals surface area contributed by atoms with Gasteiger partial charge in [0.05, 0.1) is 30.5 Å². The molecule has 0 amide bonds. The third-order valence-electron chi connectivity index (χ3n) is 5.05. The molecule has 1 aliphatic rings. The fourth-order valence-corrected chi connectivity index (χ4v) is 3.48. The Morgan fingerprint density at radius 2 is 1.90 bits per heavy atom. The smallest absolute Gasteiger partial charge is 0.182 e. The maximum atomic E-state index is 9.25. The summed E-state index contributed by atoms with van der Waals surface area (Å²) in [7, 11) is 0. The fraction of sp³-hybridized carbons (Fsp3) is 0.318. The number of aliphatic imine (C=N–C) groups is 1. The van der Waals surface area contributed by atoms with Crippen LogP contribution in [0.5, 0.6) is 0 Å². The van der Waals surface area contributed by atoms with Crippen molar-refractivity contribution in [1.29, 1.82) is 5.26 Å². The molecule has 0 N–H and O–H groups in total. The molecule has 1 fully saturated rings. The van der Waals surface area contributed by atoms with Crippen molar-refractivity contribution in [1.82, 2.24) is 15.2 Å². The van der Waals surface area contributed by atoms with Crippen LogP contribution in [0.2, 0.25) is 0 Å². The van der Waals surface area contributed by atoms with E-state index in [1.165, 1.54) is 0 Å². The van der Waals surface area contributed by atoms with Crippen LogP contribution >= 0.6 is 0 Å². The largest absolute Gasteiger partial charge is 0.378 e. The Kier molecular flexibility index (Phi) is 5.19. The number of hydrogen-bond donors (Lipinski definition) is 0. The lowest BCUT2D eigenvalue weighted by atomic mass is 10.0. The zero-order chi connectivity index (χ0) is 20.4. The highest BCUT2D eigenvalue weighted by Crippen LogP contribution is 2.28. The maximum absolute atomic E-state index is 9.25. The van der Waals surface area contributed by atoms with Gasteiger partial charge >= 0.3 is 0 Å². The van der Waals surface area contributed by atoms with Crippen molar-refractivity contribution in [2.45, 2.75) is 20.8 Å². The Morgan fingerprint density at radius 1 is 1.10 bits per heavy atom. The highest BCUT2D eigenvalue weighted by Gasteiger charge is 2.15. The van der Waals surface area contributed by atoms with Gasteiger partial charge in [0, 0.05) is 35.8 Å². The number of aromatic nitrogens is 3. The van der Waals surface area contributed by atoms with Crippen molar-refractivity contribution in [2.75, 3.05) is 31.2 Å². The van der Waals surface area contributed by atoms with Gasteiger partial charge in [-0.05, 0) is 50.1 Å². The predicted octanol–water partition coefficient (Wildman–Crippen LogP) is 3.49. The van der Waals surface area contributed by atoms with E-state index < -0.39 is 0 Å². The summed E-state index contributed by atoms with van der Waals surface area (Å²) in [6.07, 6.45) is 1.85. The van der Waals surface area contributed by atoms with Gasteiger partial charge in [-0.2, -0.15) is 10.4 Å². The number of nitriles is 1. The molecule has 0 atom stereocenters. The van der Waals surface area contributed by atoms with E-state index in [4.69, 9.17) is 9.73 Å². The van der Waals surface area contributed by atoms with E-state index in [2.05, 4.69) is 26.2 Å². The summed E-state index contributed by atoms with van der Waals surface area (Å²) in [5, 5.41) is 19.7. The minimum Gasteiger partial charge on any atom is -0.378 e. The number of morpholine rings is 1. The molecular weight excluding hydrogens is 364 g/mol. The quantitative estimate of drug-likeness (QED) is 0.641. The first kappa shape index (κ1) is 19.0. The molecule has 0 saturated carbocycles. The fourth-order valence-electron chi connectivity index (χ4n) is 3.48. The van der Waals surface area contributed by atoms with Gasteiger partial charge in [0.15, 0.2) is 5.82 Å². The number of fused-ring (bicyclic) bond motifs is 1. The monoisotopic (exact) mass is 386 g/mol. The molecule has 29 heavy (non-hydrogen) atoms. The van der Waals surface area contributed by atoms with E-state index in [1.807, 2.05) is 51.2 Å². The van der Waals surface area contributed by atoms with Gasteiger partial charge in [0.2, 0.25) is 0 Å². The van der Waals surface area contributed by atoms with Crippen LogP contribution in [0.25, 0.3) is 10.8 Å². The average Bonchev–Trinajstić information content (AvgIpc) is 2.75. The van der Waals surface area contributed by atoms with Crippen LogP contribution in [0, 0.1) is 25.2 Å². The molecule has 0 spiro atoms. The standard InChI is InChI=1S/C22H22N6O/c1-14-8-17(12-23)10-18(9-14)15(2)25-22-19-11-21(28-4-6-29-7-5-28)24-13-20(19)16(3)26-27-22/h8-11,13H,4-7H2,1-3H3/b25-15-. The SMILES string of the molecule is C/C(=N/c1nnc(C)c2cnc(N3CCOCC3)cc12)c1cc(C)cc(C#N)c1. The molecule has 0 aliphatic carbocycles. The van der Waals surface area contributed by atoms with E-state index >= 15 is 0 Å². The van der Waals surface area contributed by atoms with Crippen molar-refractivity contribution in [2.24, 2.45) is 4.99 Å². The molecule has 1 aromatic carbocycles. The minimum atomic E-state index is 0.556. The lowest BCUT2D eigenvalue weighted by Crippen LogP contribution is -2.36. The minimum absolute atomic E-state index is 0.556. The van der Waals surface area contributed by atoms with Crippen molar-refractivity contribution in [3.05, 3.63) is 52.8 Å². The van der Waals surface area contributed by atoms with Crippen LogP contribution in [-0.2, 0) is 4.74 Å². The number of benzene rings is 1. The van der Waals surface area contributed by atoms with Crippen LogP contribution in [0.3, 0.4) is 0 Å². The molecule has 1 aliphatic heterocycles. The predicted molar refractivity (Wildman–Crippen MR) is 113 cm³/mol. The van der Waals surface area contributed by atoms with Gasteiger partial charge in [0.25, 0.3) is 0 Å². The Balaban J connectivity index is 1.80. The Bertz CT molecular complexity index is 1140. The topological polar surface area (TPSA) is 87.3 Å². The first-order valence-corrected chi connectivity index (χ1v) is 9.58. The second-order valence-corrected chi connectivity index (χ2v) is 7.19. The first-order chi connectivity index (χ1) is 14.0. The number of rotatable bonds is 3. The van der Waals surface area contributed by atoms with Gasteiger partial charge in [-0.25, -0.2) is 9.98 Å². The number of nitrogens with zero attached hydrogens (tertiary/aromatic N) is 6. The zero-order valence-electron chi connectivity index (χ0n) is 16.8. The van der Waals surface area contributed by atoms with Crippen LogP contribution in [0.4, 0.5) is 11.6 Å². The first-order valence-electron chi connectivity index (χ1n) is 9.58. The van der Waals surface area contributed by atoms with Gasteiger partial charge in [-0.15, -0.1) is 5.10 Å². The summed E-state index contributed by atoms with van der Waals surface area (Å²) in [6, 6.07) is 9.95. The van der Waals surface area contributed by atoms with E-state index in [9.17, 15) is 5.26 Å². The molecule has 3 heterocycles. The number of aryl methyl sites for hydroxylation is 2. The third kappa shape index (κ3) is 3.93. The number of pyridine rings is 1. The lowest BCUT2D eigenvalue weighted by Gasteiger charge is -2.28. The summed E-state index contributed by atoms with van der Waals surface area (Å²) in [5.74, 6) is 1.45. The van der Waals surface area contributed by atoms with E-state index in [-0.39, 0.29) is 0 Å². The molecule has 3 aromatic rings.